The van der Waals surface area contributed by atoms with Crippen molar-refractivity contribution in [1.29, 1.82) is 0 Å². The van der Waals surface area contributed by atoms with Gasteiger partial charge in [-0.25, -0.2) is 0 Å². The zero-order chi connectivity index (χ0) is 20.1. The number of hydrogen-bond acceptors (Lipinski definition) is 3. The number of nitrogens with zero attached hydrogens (tertiary/aromatic N) is 2. The van der Waals surface area contributed by atoms with Crippen LogP contribution >= 0.6 is 0 Å². The molecule has 0 aromatic heterocycles. The van der Waals surface area contributed by atoms with Gasteiger partial charge in [-0.15, -0.1) is 0 Å². The predicted molar refractivity (Wildman–Crippen MR) is 119 cm³/mol. The maximum absolute atomic E-state index is 5.70. The van der Waals surface area contributed by atoms with Crippen LogP contribution in [0.3, 0.4) is 0 Å². The number of aliphatic imine (C=N–C) groups is 1. The van der Waals surface area contributed by atoms with Gasteiger partial charge in [0.15, 0.2) is 5.96 Å². The monoisotopic (exact) mass is 398 g/mol. The Balaban J connectivity index is 1.40. The average molecular weight is 399 g/mol. The molecule has 0 bridgehead atoms. The Bertz CT molecular complexity index is 657. The molecule has 2 aliphatic heterocycles. The Morgan fingerprint density at radius 1 is 1.14 bits per heavy atom. The van der Waals surface area contributed by atoms with Gasteiger partial charge in [0.25, 0.3) is 0 Å². The molecule has 4 rings (SSSR count). The molecule has 2 saturated heterocycles. The third-order valence-electron chi connectivity index (χ3n) is 7.34. The van der Waals surface area contributed by atoms with Gasteiger partial charge in [-0.3, -0.25) is 4.99 Å². The van der Waals surface area contributed by atoms with Crippen molar-refractivity contribution in [3.8, 4) is 0 Å². The summed E-state index contributed by atoms with van der Waals surface area (Å²) in [5.74, 6) is 2.82. The van der Waals surface area contributed by atoms with E-state index in [4.69, 9.17) is 4.74 Å². The molecular weight excluding hydrogens is 360 g/mol. The highest BCUT2D eigenvalue weighted by Crippen LogP contribution is 2.36. The van der Waals surface area contributed by atoms with Gasteiger partial charge < -0.3 is 20.3 Å². The number of rotatable bonds is 5. The summed E-state index contributed by atoms with van der Waals surface area (Å²) in [6, 6.07) is 11.1. The molecule has 3 atom stereocenters. The second kappa shape index (κ2) is 9.48. The molecule has 1 saturated carbocycles. The van der Waals surface area contributed by atoms with Crippen molar-refractivity contribution in [3.05, 3.63) is 35.9 Å². The maximum Gasteiger partial charge on any atom is 0.193 e. The van der Waals surface area contributed by atoms with Crippen LogP contribution in [0.25, 0.3) is 0 Å². The maximum atomic E-state index is 5.70. The zero-order valence-electron chi connectivity index (χ0n) is 18.2. The fourth-order valence-corrected chi connectivity index (χ4v) is 5.58. The highest BCUT2D eigenvalue weighted by molar-refractivity contribution is 5.80. The van der Waals surface area contributed by atoms with E-state index in [-0.39, 0.29) is 5.54 Å². The summed E-state index contributed by atoms with van der Waals surface area (Å²) in [5, 5.41) is 7.70. The van der Waals surface area contributed by atoms with Gasteiger partial charge >= 0.3 is 0 Å². The van der Waals surface area contributed by atoms with Gasteiger partial charge in [0.05, 0.1) is 0 Å². The second-order valence-electron chi connectivity index (χ2n) is 9.28. The SMILES string of the molecule is CN=C(NCC1(NC(C)c2ccccc2)CCOCC1)N1CC2CCCCC2C1. The lowest BCUT2D eigenvalue weighted by atomic mass is 9.82. The normalized spacial score (nSPS) is 28.1. The first kappa shape index (κ1) is 20.7. The molecular formula is C24H38N4O. The Hall–Kier alpha value is -1.59. The molecule has 3 unspecified atom stereocenters. The molecule has 1 aromatic rings. The topological polar surface area (TPSA) is 48.9 Å². The summed E-state index contributed by atoms with van der Waals surface area (Å²) < 4.78 is 5.70. The summed E-state index contributed by atoms with van der Waals surface area (Å²) >= 11 is 0. The fourth-order valence-electron chi connectivity index (χ4n) is 5.58. The van der Waals surface area contributed by atoms with E-state index in [9.17, 15) is 0 Å². The summed E-state index contributed by atoms with van der Waals surface area (Å²) in [5.41, 5.74) is 1.38. The molecule has 5 heteroatoms. The molecule has 2 N–H and O–H groups in total. The molecule has 5 nitrogen and oxygen atoms in total. The number of likely N-dealkylation sites (tertiary alicyclic amines) is 1. The molecule has 2 heterocycles. The average Bonchev–Trinajstić information content (AvgIpc) is 3.19. The van der Waals surface area contributed by atoms with Gasteiger partial charge in [0.2, 0.25) is 0 Å². The van der Waals surface area contributed by atoms with Crippen LogP contribution in [-0.2, 0) is 4.74 Å². The van der Waals surface area contributed by atoms with Crippen LogP contribution in [0, 0.1) is 11.8 Å². The minimum Gasteiger partial charge on any atom is -0.381 e. The number of guanidine groups is 1. The highest BCUT2D eigenvalue weighted by atomic mass is 16.5. The van der Waals surface area contributed by atoms with Crippen LogP contribution in [0.4, 0.5) is 0 Å². The molecule has 0 radical (unpaired) electrons. The molecule has 3 aliphatic rings. The van der Waals surface area contributed by atoms with E-state index in [0.717, 1.165) is 50.4 Å². The van der Waals surface area contributed by atoms with Crippen molar-refractivity contribution in [2.45, 2.75) is 57.0 Å². The zero-order valence-corrected chi connectivity index (χ0v) is 18.2. The smallest absolute Gasteiger partial charge is 0.193 e. The molecule has 0 spiro atoms. The lowest BCUT2D eigenvalue weighted by molar-refractivity contribution is 0.0353. The van der Waals surface area contributed by atoms with E-state index >= 15 is 0 Å². The van der Waals surface area contributed by atoms with E-state index < -0.39 is 0 Å². The van der Waals surface area contributed by atoms with E-state index in [1.807, 2.05) is 7.05 Å². The van der Waals surface area contributed by atoms with Crippen molar-refractivity contribution in [1.82, 2.24) is 15.5 Å². The molecule has 160 valence electrons. The molecule has 1 aromatic carbocycles. The van der Waals surface area contributed by atoms with Crippen molar-refractivity contribution < 1.29 is 4.74 Å². The Labute approximate surface area is 176 Å². The number of hydrogen-bond donors (Lipinski definition) is 2. The first-order valence-corrected chi connectivity index (χ1v) is 11.6. The Morgan fingerprint density at radius 3 is 2.41 bits per heavy atom. The third-order valence-corrected chi connectivity index (χ3v) is 7.34. The predicted octanol–water partition coefficient (Wildman–Crippen LogP) is 3.58. The van der Waals surface area contributed by atoms with Gasteiger partial charge in [0, 0.05) is 51.5 Å². The van der Waals surface area contributed by atoms with Gasteiger partial charge in [-0.2, -0.15) is 0 Å². The van der Waals surface area contributed by atoms with Crippen LogP contribution < -0.4 is 10.6 Å². The van der Waals surface area contributed by atoms with Crippen molar-refractivity contribution >= 4 is 5.96 Å². The Morgan fingerprint density at radius 2 is 1.79 bits per heavy atom. The number of ether oxygens (including phenoxy) is 1. The minimum absolute atomic E-state index is 0.0376. The molecule has 29 heavy (non-hydrogen) atoms. The van der Waals surface area contributed by atoms with E-state index in [0.29, 0.717) is 6.04 Å². The van der Waals surface area contributed by atoms with Gasteiger partial charge in [0.1, 0.15) is 0 Å². The number of fused-ring (bicyclic) bond motifs is 1. The summed E-state index contributed by atoms with van der Waals surface area (Å²) in [4.78, 5) is 7.16. The fraction of sp³-hybridized carbons (Fsp3) is 0.708. The third kappa shape index (κ3) is 4.95. The molecule has 1 aliphatic carbocycles. The van der Waals surface area contributed by atoms with Gasteiger partial charge in [-0.1, -0.05) is 43.2 Å². The molecule has 0 amide bonds. The Kier molecular flexibility index (Phi) is 6.76. The lowest BCUT2D eigenvalue weighted by Gasteiger charge is -2.41. The summed E-state index contributed by atoms with van der Waals surface area (Å²) in [6.45, 7) is 7.16. The number of benzene rings is 1. The largest absolute Gasteiger partial charge is 0.381 e. The van der Waals surface area contributed by atoms with Crippen molar-refractivity contribution in [3.63, 3.8) is 0 Å². The van der Waals surface area contributed by atoms with Crippen LogP contribution in [-0.4, -0.2) is 56.3 Å². The first-order valence-electron chi connectivity index (χ1n) is 11.6. The minimum atomic E-state index is 0.0376. The quantitative estimate of drug-likeness (QED) is 0.588. The lowest BCUT2D eigenvalue weighted by Crippen LogP contribution is -2.58. The van der Waals surface area contributed by atoms with E-state index in [1.165, 1.54) is 44.3 Å². The van der Waals surface area contributed by atoms with E-state index in [2.05, 4.69) is 57.8 Å². The first-order chi connectivity index (χ1) is 14.2. The second-order valence-corrected chi connectivity index (χ2v) is 9.28. The van der Waals surface area contributed by atoms with Crippen molar-refractivity contribution in [2.24, 2.45) is 16.8 Å². The van der Waals surface area contributed by atoms with Gasteiger partial charge in [-0.05, 0) is 50.0 Å². The van der Waals surface area contributed by atoms with E-state index in [1.54, 1.807) is 0 Å². The summed E-state index contributed by atoms with van der Waals surface area (Å²) in [7, 11) is 1.93. The standard InChI is InChI=1S/C24H38N4O/c1-19(20-8-4-3-5-9-20)27-24(12-14-29-15-13-24)18-26-23(25-2)28-16-21-10-6-7-11-22(21)17-28/h3-5,8-9,19,21-22,27H,6-7,10-18H2,1-2H3,(H,25,26). The number of nitrogens with one attached hydrogen (secondary N) is 2. The van der Waals surface area contributed by atoms with Crippen LogP contribution in [0.2, 0.25) is 0 Å². The highest BCUT2D eigenvalue weighted by Gasteiger charge is 2.37. The van der Waals surface area contributed by atoms with Crippen LogP contribution in [0.1, 0.15) is 57.1 Å². The van der Waals surface area contributed by atoms with Crippen LogP contribution in [0.15, 0.2) is 35.3 Å². The summed E-state index contributed by atoms with van der Waals surface area (Å²) in [6.07, 6.45) is 7.67. The van der Waals surface area contributed by atoms with Crippen LogP contribution in [0.5, 0.6) is 0 Å². The van der Waals surface area contributed by atoms with Crippen molar-refractivity contribution in [2.75, 3.05) is 39.9 Å². The molecule has 3 fully saturated rings.